The van der Waals surface area contributed by atoms with Crippen LogP contribution in [-0.2, 0) is 4.74 Å². The topological polar surface area (TPSA) is 87.8 Å². The minimum atomic E-state index is -0.0203. The lowest BCUT2D eigenvalue weighted by atomic mass is 9.90. The van der Waals surface area contributed by atoms with Crippen LogP contribution in [0.5, 0.6) is 5.75 Å². The van der Waals surface area contributed by atoms with Gasteiger partial charge in [-0.2, -0.15) is 5.10 Å². The first-order valence-electron chi connectivity index (χ1n) is 10.9. The van der Waals surface area contributed by atoms with Gasteiger partial charge in [0.2, 0.25) is 0 Å². The van der Waals surface area contributed by atoms with Crippen molar-refractivity contribution in [1.29, 1.82) is 0 Å². The molecule has 2 aliphatic heterocycles. The lowest BCUT2D eigenvalue weighted by molar-refractivity contribution is -0.0586. The summed E-state index contributed by atoms with van der Waals surface area (Å²) in [5, 5.41) is 7.23. The average molecular weight is 427 g/mol. The van der Waals surface area contributed by atoms with E-state index < -0.39 is 0 Å². The Morgan fingerprint density at radius 1 is 1.03 bits per heavy atom. The minimum absolute atomic E-state index is 0.00159. The Morgan fingerprint density at radius 3 is 2.35 bits per heavy atom. The molecule has 2 amide bonds. The number of piperidine rings is 1. The first kappa shape index (κ1) is 21.4. The Morgan fingerprint density at radius 2 is 1.68 bits per heavy atom. The number of morpholine rings is 1. The summed E-state index contributed by atoms with van der Waals surface area (Å²) in [6.07, 6.45) is 3.23. The van der Waals surface area contributed by atoms with Crippen molar-refractivity contribution in [3.8, 4) is 5.75 Å². The molecule has 0 aliphatic carbocycles. The maximum atomic E-state index is 13.2. The van der Waals surface area contributed by atoms with Crippen LogP contribution in [0.2, 0.25) is 0 Å². The van der Waals surface area contributed by atoms with Gasteiger partial charge < -0.3 is 19.3 Å². The van der Waals surface area contributed by atoms with E-state index in [1.807, 2.05) is 35.8 Å². The first-order valence-corrected chi connectivity index (χ1v) is 10.9. The summed E-state index contributed by atoms with van der Waals surface area (Å²) in [5.41, 5.74) is 2.09. The number of para-hydroxylation sites is 1. The number of nitrogens with zero attached hydrogens (tertiary/aromatic N) is 3. The molecule has 1 aromatic heterocycles. The molecule has 1 N–H and O–H groups in total. The highest BCUT2D eigenvalue weighted by molar-refractivity contribution is 5.97. The number of likely N-dealkylation sites (tertiary alicyclic amines) is 1. The third kappa shape index (κ3) is 4.44. The molecule has 3 heterocycles. The van der Waals surface area contributed by atoms with E-state index in [9.17, 15) is 9.59 Å². The molecule has 0 saturated carbocycles. The number of nitrogens with one attached hydrogen (secondary N) is 1. The number of amides is 2. The molecule has 4 rings (SSSR count). The standard InChI is InChI=1S/C23H30N4O4/c1-15-13-27(14-16(2)31-15)23(29)19-12-24-25-21(19)17-8-10-26(11-9-17)22(28)18-6-4-5-7-20(18)30-3/h4-7,12,15-17H,8-11,13-14H2,1-3H3,(H,24,25). The largest absolute Gasteiger partial charge is 0.496 e. The number of rotatable bonds is 4. The van der Waals surface area contributed by atoms with E-state index in [4.69, 9.17) is 9.47 Å². The van der Waals surface area contributed by atoms with Crippen LogP contribution in [0.3, 0.4) is 0 Å². The molecule has 0 radical (unpaired) electrons. The number of benzene rings is 1. The Hall–Kier alpha value is -2.87. The molecule has 2 unspecified atom stereocenters. The number of ether oxygens (including phenoxy) is 2. The van der Waals surface area contributed by atoms with Crippen molar-refractivity contribution >= 4 is 11.8 Å². The number of aromatic nitrogens is 2. The van der Waals surface area contributed by atoms with E-state index in [0.29, 0.717) is 43.1 Å². The van der Waals surface area contributed by atoms with E-state index in [2.05, 4.69) is 10.2 Å². The normalized spacial score (nSPS) is 22.4. The Balaban J connectivity index is 1.43. The molecular weight excluding hydrogens is 396 g/mol. The molecule has 2 aliphatic rings. The van der Waals surface area contributed by atoms with Gasteiger partial charge in [0.25, 0.3) is 11.8 Å². The number of carbonyl (C=O) groups excluding carboxylic acids is 2. The molecular formula is C23H30N4O4. The summed E-state index contributed by atoms with van der Waals surface area (Å²) >= 11 is 0. The van der Waals surface area contributed by atoms with E-state index in [-0.39, 0.29) is 29.9 Å². The molecule has 2 atom stereocenters. The second-order valence-electron chi connectivity index (χ2n) is 8.43. The first-order chi connectivity index (χ1) is 15.0. The summed E-state index contributed by atoms with van der Waals surface area (Å²) in [6.45, 7) is 6.39. The number of hydrogen-bond donors (Lipinski definition) is 1. The number of H-pyrrole nitrogens is 1. The zero-order chi connectivity index (χ0) is 22.0. The van der Waals surface area contributed by atoms with Crippen molar-refractivity contribution in [2.24, 2.45) is 0 Å². The SMILES string of the molecule is COc1ccccc1C(=O)N1CCC(c2[nH]ncc2C(=O)N2CC(C)OC(C)C2)CC1. The van der Waals surface area contributed by atoms with Crippen LogP contribution in [0.1, 0.15) is 59.0 Å². The maximum absolute atomic E-state index is 13.2. The van der Waals surface area contributed by atoms with Gasteiger partial charge in [-0.3, -0.25) is 14.7 Å². The summed E-state index contributed by atoms with van der Waals surface area (Å²) in [7, 11) is 1.57. The number of methoxy groups -OCH3 is 1. The second-order valence-corrected chi connectivity index (χ2v) is 8.43. The molecule has 1 aromatic carbocycles. The van der Waals surface area contributed by atoms with Gasteiger partial charge in [0, 0.05) is 32.1 Å². The van der Waals surface area contributed by atoms with Gasteiger partial charge in [-0.15, -0.1) is 0 Å². The number of carbonyl (C=O) groups is 2. The van der Waals surface area contributed by atoms with Crippen molar-refractivity contribution in [2.75, 3.05) is 33.3 Å². The minimum Gasteiger partial charge on any atom is -0.496 e. The fourth-order valence-electron chi connectivity index (χ4n) is 4.65. The van der Waals surface area contributed by atoms with Crippen molar-refractivity contribution in [3.63, 3.8) is 0 Å². The lowest BCUT2D eigenvalue weighted by Crippen LogP contribution is -2.48. The highest BCUT2D eigenvalue weighted by atomic mass is 16.5. The molecule has 8 nitrogen and oxygen atoms in total. The number of hydrogen-bond acceptors (Lipinski definition) is 5. The molecule has 0 bridgehead atoms. The molecule has 8 heteroatoms. The van der Waals surface area contributed by atoms with E-state index >= 15 is 0 Å². The summed E-state index contributed by atoms with van der Waals surface area (Å²) < 4.78 is 11.1. The van der Waals surface area contributed by atoms with Crippen LogP contribution in [0.4, 0.5) is 0 Å². The third-order valence-corrected chi connectivity index (χ3v) is 6.13. The van der Waals surface area contributed by atoms with Crippen LogP contribution < -0.4 is 4.74 Å². The zero-order valence-electron chi connectivity index (χ0n) is 18.3. The van der Waals surface area contributed by atoms with Crippen LogP contribution in [0.15, 0.2) is 30.5 Å². The van der Waals surface area contributed by atoms with Crippen molar-refractivity contribution < 1.29 is 19.1 Å². The molecule has 166 valence electrons. The molecule has 0 spiro atoms. The molecule has 2 aromatic rings. The summed E-state index contributed by atoms with van der Waals surface area (Å²) in [4.78, 5) is 29.9. The fraction of sp³-hybridized carbons (Fsp3) is 0.522. The second kappa shape index (κ2) is 9.09. The van der Waals surface area contributed by atoms with Crippen LogP contribution in [0.25, 0.3) is 0 Å². The predicted molar refractivity (Wildman–Crippen MR) is 115 cm³/mol. The monoisotopic (exact) mass is 426 g/mol. The third-order valence-electron chi connectivity index (χ3n) is 6.13. The lowest BCUT2D eigenvalue weighted by Gasteiger charge is -2.36. The average Bonchev–Trinajstić information content (AvgIpc) is 3.27. The predicted octanol–water partition coefficient (Wildman–Crippen LogP) is 2.69. The van der Waals surface area contributed by atoms with Crippen molar-refractivity contribution in [2.45, 2.75) is 44.8 Å². The Labute approximate surface area is 182 Å². The fourth-order valence-corrected chi connectivity index (χ4v) is 4.65. The van der Waals surface area contributed by atoms with Gasteiger partial charge in [0.1, 0.15) is 5.75 Å². The van der Waals surface area contributed by atoms with E-state index in [1.165, 1.54) is 0 Å². The van der Waals surface area contributed by atoms with E-state index in [0.717, 1.165) is 18.5 Å². The molecule has 2 fully saturated rings. The quantitative estimate of drug-likeness (QED) is 0.812. The van der Waals surface area contributed by atoms with Crippen LogP contribution >= 0.6 is 0 Å². The van der Waals surface area contributed by atoms with Gasteiger partial charge in [-0.05, 0) is 38.8 Å². The van der Waals surface area contributed by atoms with Gasteiger partial charge in [0.15, 0.2) is 0 Å². The summed E-state index contributed by atoms with van der Waals surface area (Å²) in [5.74, 6) is 0.732. The van der Waals surface area contributed by atoms with Crippen LogP contribution in [0, 0.1) is 0 Å². The highest BCUT2D eigenvalue weighted by Gasteiger charge is 2.32. The zero-order valence-corrected chi connectivity index (χ0v) is 18.3. The van der Waals surface area contributed by atoms with Gasteiger partial charge >= 0.3 is 0 Å². The van der Waals surface area contributed by atoms with Gasteiger partial charge in [-0.25, -0.2) is 0 Å². The molecule has 31 heavy (non-hydrogen) atoms. The molecule has 2 saturated heterocycles. The highest BCUT2D eigenvalue weighted by Crippen LogP contribution is 2.31. The maximum Gasteiger partial charge on any atom is 0.257 e. The number of aromatic amines is 1. The summed E-state index contributed by atoms with van der Waals surface area (Å²) in [6, 6.07) is 7.30. The van der Waals surface area contributed by atoms with Crippen molar-refractivity contribution in [1.82, 2.24) is 20.0 Å². The smallest absolute Gasteiger partial charge is 0.257 e. The Bertz CT molecular complexity index is 925. The van der Waals surface area contributed by atoms with Crippen molar-refractivity contribution in [3.05, 3.63) is 47.3 Å². The van der Waals surface area contributed by atoms with Crippen LogP contribution in [-0.4, -0.2) is 77.3 Å². The van der Waals surface area contributed by atoms with E-state index in [1.54, 1.807) is 25.4 Å². The van der Waals surface area contributed by atoms with Gasteiger partial charge in [-0.1, -0.05) is 12.1 Å². The Kier molecular flexibility index (Phi) is 6.27. The van der Waals surface area contributed by atoms with Gasteiger partial charge in [0.05, 0.1) is 42.3 Å².